The topological polar surface area (TPSA) is 32.5 Å². The van der Waals surface area contributed by atoms with Gasteiger partial charge < -0.3 is 9.42 Å². The second-order valence-electron chi connectivity index (χ2n) is 6.21. The summed E-state index contributed by atoms with van der Waals surface area (Å²) in [6, 6.07) is 9.10. The first kappa shape index (κ1) is 13.8. The summed E-state index contributed by atoms with van der Waals surface area (Å²) in [5.41, 5.74) is 1.72. The Bertz CT molecular complexity index is 645. The van der Waals surface area contributed by atoms with Crippen molar-refractivity contribution in [3.63, 3.8) is 0 Å². The summed E-state index contributed by atoms with van der Waals surface area (Å²) in [6.45, 7) is 4.34. The molecule has 22 heavy (non-hydrogen) atoms. The number of piperazine rings is 1. The van der Waals surface area contributed by atoms with E-state index in [4.69, 9.17) is 4.52 Å². The van der Waals surface area contributed by atoms with E-state index in [9.17, 15) is 4.39 Å². The molecule has 1 saturated carbocycles. The Balaban J connectivity index is 1.34. The highest BCUT2D eigenvalue weighted by atomic mass is 19.1. The first-order valence-corrected chi connectivity index (χ1v) is 7.97. The molecule has 4 nitrogen and oxygen atoms in total. The molecule has 0 bridgehead atoms. The second-order valence-corrected chi connectivity index (χ2v) is 6.21. The van der Waals surface area contributed by atoms with Crippen molar-refractivity contribution >= 4 is 5.69 Å². The zero-order valence-corrected chi connectivity index (χ0v) is 12.5. The Morgan fingerprint density at radius 2 is 1.91 bits per heavy atom. The van der Waals surface area contributed by atoms with Gasteiger partial charge in [0, 0.05) is 44.7 Å². The Morgan fingerprint density at radius 1 is 1.14 bits per heavy atom. The molecule has 0 atom stereocenters. The van der Waals surface area contributed by atoms with Crippen LogP contribution in [-0.2, 0) is 6.54 Å². The molecule has 1 saturated heterocycles. The number of nitrogens with zero attached hydrogens (tertiary/aromatic N) is 3. The van der Waals surface area contributed by atoms with Crippen molar-refractivity contribution in [1.29, 1.82) is 0 Å². The number of halogens is 1. The van der Waals surface area contributed by atoms with Crippen molar-refractivity contribution in [3.05, 3.63) is 47.6 Å². The highest BCUT2D eigenvalue weighted by Crippen LogP contribution is 2.40. The van der Waals surface area contributed by atoms with Crippen LogP contribution >= 0.6 is 0 Å². The molecular formula is C17H20FN3O. The third kappa shape index (κ3) is 2.86. The lowest BCUT2D eigenvalue weighted by atomic mass is 10.2. The van der Waals surface area contributed by atoms with Crippen LogP contribution in [0.5, 0.6) is 0 Å². The molecule has 0 unspecified atom stereocenters. The standard InChI is InChI=1S/C17H20FN3O/c18-15-3-1-2-4-16(15)21-9-7-20(8-10-21)12-14-11-17(22-19-14)13-5-6-13/h1-4,11,13H,5-10,12H2. The number of para-hydroxylation sites is 1. The number of aromatic nitrogens is 1. The van der Waals surface area contributed by atoms with Crippen LogP contribution < -0.4 is 4.90 Å². The van der Waals surface area contributed by atoms with Crippen molar-refractivity contribution in [2.75, 3.05) is 31.1 Å². The van der Waals surface area contributed by atoms with E-state index < -0.39 is 0 Å². The second kappa shape index (κ2) is 5.72. The molecule has 0 spiro atoms. The minimum absolute atomic E-state index is 0.137. The van der Waals surface area contributed by atoms with Crippen LogP contribution in [0.25, 0.3) is 0 Å². The molecule has 5 heteroatoms. The number of anilines is 1. The van der Waals surface area contributed by atoms with Crippen LogP contribution in [0.1, 0.15) is 30.2 Å². The quantitative estimate of drug-likeness (QED) is 0.869. The molecule has 1 aliphatic heterocycles. The fourth-order valence-corrected chi connectivity index (χ4v) is 3.05. The van der Waals surface area contributed by atoms with E-state index in [0.717, 1.165) is 44.2 Å². The van der Waals surface area contributed by atoms with Crippen LogP contribution in [0.15, 0.2) is 34.9 Å². The van der Waals surface area contributed by atoms with E-state index in [1.807, 2.05) is 12.1 Å². The summed E-state index contributed by atoms with van der Waals surface area (Å²) in [5, 5.41) is 4.17. The molecule has 4 rings (SSSR count). The summed E-state index contributed by atoms with van der Waals surface area (Å²) >= 11 is 0. The molecule has 0 N–H and O–H groups in total. The molecule has 2 aromatic rings. The van der Waals surface area contributed by atoms with E-state index in [1.54, 1.807) is 6.07 Å². The van der Waals surface area contributed by atoms with Crippen molar-refractivity contribution in [1.82, 2.24) is 10.1 Å². The predicted molar refractivity (Wildman–Crippen MR) is 82.4 cm³/mol. The molecule has 1 aromatic carbocycles. The average molecular weight is 301 g/mol. The van der Waals surface area contributed by atoms with Crippen molar-refractivity contribution < 1.29 is 8.91 Å². The minimum Gasteiger partial charge on any atom is -0.367 e. The molecule has 2 fully saturated rings. The number of benzene rings is 1. The fourth-order valence-electron chi connectivity index (χ4n) is 3.05. The monoisotopic (exact) mass is 301 g/mol. The normalized spacial score (nSPS) is 19.6. The smallest absolute Gasteiger partial charge is 0.146 e. The summed E-state index contributed by atoms with van der Waals surface area (Å²) in [7, 11) is 0. The number of hydrogen-bond acceptors (Lipinski definition) is 4. The summed E-state index contributed by atoms with van der Waals surface area (Å²) < 4.78 is 19.2. The van der Waals surface area contributed by atoms with Gasteiger partial charge >= 0.3 is 0 Å². The van der Waals surface area contributed by atoms with Crippen molar-refractivity contribution in [2.45, 2.75) is 25.3 Å². The summed E-state index contributed by atoms with van der Waals surface area (Å²) in [4.78, 5) is 4.47. The molecule has 116 valence electrons. The highest BCUT2D eigenvalue weighted by Gasteiger charge is 2.28. The SMILES string of the molecule is Fc1ccccc1N1CCN(Cc2cc(C3CC3)on2)CC1. The first-order valence-electron chi connectivity index (χ1n) is 7.97. The maximum atomic E-state index is 13.8. The van der Waals surface area contributed by atoms with Gasteiger partial charge in [-0.3, -0.25) is 4.90 Å². The Morgan fingerprint density at radius 3 is 2.64 bits per heavy atom. The first-order chi connectivity index (χ1) is 10.8. The molecule has 2 heterocycles. The van der Waals surface area contributed by atoms with Crippen LogP contribution in [0.2, 0.25) is 0 Å². The van der Waals surface area contributed by atoms with Gasteiger partial charge in [0.05, 0.1) is 11.4 Å². The van der Waals surface area contributed by atoms with Crippen LogP contribution in [0.4, 0.5) is 10.1 Å². The van der Waals surface area contributed by atoms with Gasteiger partial charge in [0.2, 0.25) is 0 Å². The molecule has 1 aliphatic carbocycles. The van der Waals surface area contributed by atoms with Gasteiger partial charge in [-0.05, 0) is 25.0 Å². The Hall–Kier alpha value is -1.88. The molecule has 2 aliphatic rings. The Kier molecular flexibility index (Phi) is 3.58. The van der Waals surface area contributed by atoms with Crippen molar-refractivity contribution in [2.24, 2.45) is 0 Å². The molecule has 0 radical (unpaired) electrons. The van der Waals surface area contributed by atoms with E-state index in [2.05, 4.69) is 21.0 Å². The van der Waals surface area contributed by atoms with Gasteiger partial charge in [0.25, 0.3) is 0 Å². The number of hydrogen-bond donors (Lipinski definition) is 0. The third-order valence-corrected chi connectivity index (χ3v) is 4.51. The van der Waals surface area contributed by atoms with E-state index >= 15 is 0 Å². The van der Waals surface area contributed by atoms with Gasteiger partial charge in [0.15, 0.2) is 0 Å². The third-order valence-electron chi connectivity index (χ3n) is 4.51. The zero-order valence-electron chi connectivity index (χ0n) is 12.5. The average Bonchev–Trinajstić information content (AvgIpc) is 3.29. The lowest BCUT2D eigenvalue weighted by Gasteiger charge is -2.35. The minimum atomic E-state index is -0.137. The fraction of sp³-hybridized carbons (Fsp3) is 0.471. The number of rotatable bonds is 4. The van der Waals surface area contributed by atoms with Crippen LogP contribution in [-0.4, -0.2) is 36.2 Å². The maximum absolute atomic E-state index is 13.8. The predicted octanol–water partition coefficient (Wildman–Crippen LogP) is 3.01. The maximum Gasteiger partial charge on any atom is 0.146 e. The van der Waals surface area contributed by atoms with Gasteiger partial charge in [-0.15, -0.1) is 0 Å². The van der Waals surface area contributed by atoms with Gasteiger partial charge in [0.1, 0.15) is 11.6 Å². The Labute approximate surface area is 129 Å². The van der Waals surface area contributed by atoms with E-state index in [0.29, 0.717) is 11.6 Å². The van der Waals surface area contributed by atoms with E-state index in [-0.39, 0.29) is 5.82 Å². The van der Waals surface area contributed by atoms with Crippen LogP contribution in [0.3, 0.4) is 0 Å². The van der Waals surface area contributed by atoms with Gasteiger partial charge in [-0.25, -0.2) is 4.39 Å². The molecule has 0 amide bonds. The molecular weight excluding hydrogens is 281 g/mol. The summed E-state index contributed by atoms with van der Waals surface area (Å²) in [6.07, 6.45) is 2.46. The zero-order chi connectivity index (χ0) is 14.9. The lowest BCUT2D eigenvalue weighted by molar-refractivity contribution is 0.241. The molecule has 1 aromatic heterocycles. The van der Waals surface area contributed by atoms with Gasteiger partial charge in [-0.2, -0.15) is 0 Å². The summed E-state index contributed by atoms with van der Waals surface area (Å²) in [5.74, 6) is 1.51. The van der Waals surface area contributed by atoms with Crippen LogP contribution in [0, 0.1) is 5.82 Å². The highest BCUT2D eigenvalue weighted by molar-refractivity contribution is 5.48. The lowest BCUT2D eigenvalue weighted by Crippen LogP contribution is -2.46. The van der Waals surface area contributed by atoms with Gasteiger partial charge in [-0.1, -0.05) is 17.3 Å². The van der Waals surface area contributed by atoms with Crippen molar-refractivity contribution in [3.8, 4) is 0 Å². The largest absolute Gasteiger partial charge is 0.367 e. The van der Waals surface area contributed by atoms with E-state index in [1.165, 1.54) is 18.9 Å².